The van der Waals surface area contributed by atoms with Crippen molar-refractivity contribution in [3.63, 3.8) is 0 Å². The molecule has 0 spiro atoms. The third-order valence-electron chi connectivity index (χ3n) is 2.78. The van der Waals surface area contributed by atoms with E-state index in [2.05, 4.69) is 5.32 Å². The van der Waals surface area contributed by atoms with Crippen LogP contribution in [0.3, 0.4) is 0 Å². The number of hydrogen-bond acceptors (Lipinski definition) is 7. The maximum Gasteiger partial charge on any atom is 0.372 e. The van der Waals surface area contributed by atoms with Crippen LogP contribution >= 0.6 is 11.8 Å². The number of rotatable bonds is 8. The number of aliphatic carboxylic acids is 1. The fraction of sp³-hybridized carbons (Fsp3) is 0.375. The van der Waals surface area contributed by atoms with Crippen molar-refractivity contribution in [2.75, 3.05) is 12.4 Å². The van der Waals surface area contributed by atoms with E-state index in [0.29, 0.717) is 18.2 Å². The lowest BCUT2D eigenvalue weighted by Gasteiger charge is -2.13. The van der Waals surface area contributed by atoms with Gasteiger partial charge in [0.1, 0.15) is 17.4 Å². The Balaban J connectivity index is 2.69. The number of nitrogens with one attached hydrogen (secondary N) is 1. The number of hydrogen-bond donors (Lipinski definition) is 2. The molecule has 0 radical (unpaired) electrons. The molecular weight excluding hydrogens is 350 g/mol. The maximum atomic E-state index is 11.9. The Morgan fingerprint density at radius 1 is 1.24 bits per heavy atom. The lowest BCUT2D eigenvalue weighted by Crippen LogP contribution is -2.41. The Labute approximate surface area is 148 Å². The molecular formula is C16H19NO7S. The Kier molecular flexibility index (Phi) is 8.48. The van der Waals surface area contributed by atoms with Crippen LogP contribution < -0.4 is 10.1 Å². The molecule has 0 fully saturated rings. The predicted octanol–water partition coefficient (Wildman–Crippen LogP) is 2.07. The van der Waals surface area contributed by atoms with Crippen molar-refractivity contribution in [1.29, 1.82) is 0 Å². The van der Waals surface area contributed by atoms with E-state index in [1.807, 2.05) is 6.92 Å². The molecule has 1 aromatic carbocycles. The van der Waals surface area contributed by atoms with Crippen LogP contribution in [0.4, 0.5) is 4.79 Å². The van der Waals surface area contributed by atoms with E-state index in [4.69, 9.17) is 14.6 Å². The first-order valence-electron chi connectivity index (χ1n) is 7.45. The molecule has 0 aromatic heterocycles. The van der Waals surface area contributed by atoms with E-state index in [9.17, 15) is 19.2 Å². The van der Waals surface area contributed by atoms with Gasteiger partial charge in [-0.1, -0.05) is 19.1 Å². The second-order valence-electron chi connectivity index (χ2n) is 4.89. The number of carboxylic acid groups (broad SMARTS) is 1. The van der Waals surface area contributed by atoms with Crippen molar-refractivity contribution in [3.05, 3.63) is 29.8 Å². The van der Waals surface area contributed by atoms with E-state index < -0.39 is 29.2 Å². The van der Waals surface area contributed by atoms with Gasteiger partial charge >= 0.3 is 17.2 Å². The van der Waals surface area contributed by atoms with Gasteiger partial charge in [-0.2, -0.15) is 0 Å². The van der Waals surface area contributed by atoms with E-state index >= 15 is 0 Å². The lowest BCUT2D eigenvalue weighted by molar-refractivity contribution is -0.140. The molecule has 2 N–H and O–H groups in total. The van der Waals surface area contributed by atoms with Crippen LogP contribution in [0.2, 0.25) is 0 Å². The Hall–Kier alpha value is -2.55. The highest BCUT2D eigenvalue weighted by atomic mass is 32.2. The fourth-order valence-electron chi connectivity index (χ4n) is 1.69. The Morgan fingerprint density at radius 2 is 1.92 bits per heavy atom. The number of esters is 1. The van der Waals surface area contributed by atoms with Crippen molar-refractivity contribution in [2.45, 2.75) is 26.3 Å². The Bertz CT molecular complexity index is 647. The van der Waals surface area contributed by atoms with Crippen LogP contribution in [-0.2, 0) is 14.3 Å². The molecule has 1 aromatic rings. The molecule has 8 nitrogen and oxygen atoms in total. The molecule has 0 aliphatic rings. The van der Waals surface area contributed by atoms with Crippen LogP contribution in [0.5, 0.6) is 5.75 Å². The topological polar surface area (TPSA) is 119 Å². The summed E-state index contributed by atoms with van der Waals surface area (Å²) in [6, 6.07) is 4.86. The molecule has 1 amide bonds. The molecule has 25 heavy (non-hydrogen) atoms. The quantitative estimate of drug-likeness (QED) is 0.669. The molecule has 1 atom stereocenters. The fourth-order valence-corrected chi connectivity index (χ4v) is 2.36. The van der Waals surface area contributed by atoms with Crippen molar-refractivity contribution in [3.8, 4) is 5.75 Å². The number of ether oxygens (including phenoxy) is 2. The SMILES string of the molecule is CCCOC(=O)c1ccccc1OC(=O)SC[C@@H](NC(C)=O)C(=O)O. The van der Waals surface area contributed by atoms with Gasteiger partial charge in [-0.05, 0) is 30.3 Å². The zero-order valence-corrected chi connectivity index (χ0v) is 14.6. The van der Waals surface area contributed by atoms with Crippen molar-refractivity contribution >= 4 is 34.9 Å². The minimum absolute atomic E-state index is 0.0208. The smallest absolute Gasteiger partial charge is 0.372 e. The molecule has 0 aliphatic heterocycles. The van der Waals surface area contributed by atoms with Gasteiger partial charge < -0.3 is 19.9 Å². The van der Waals surface area contributed by atoms with Crippen molar-refractivity contribution in [1.82, 2.24) is 5.32 Å². The predicted molar refractivity (Wildman–Crippen MR) is 90.7 cm³/mol. The molecule has 9 heteroatoms. The maximum absolute atomic E-state index is 11.9. The van der Waals surface area contributed by atoms with Crippen LogP contribution in [0, 0.1) is 0 Å². The standard InChI is InChI=1S/C16H19NO7S/c1-3-8-23-15(21)11-6-4-5-7-13(11)24-16(22)25-9-12(14(19)20)17-10(2)18/h4-7,12H,3,8-9H2,1-2H3,(H,17,18)(H,19,20)/t12-/m1/s1. The summed E-state index contributed by atoms with van der Waals surface area (Å²) in [4.78, 5) is 45.8. The van der Waals surface area contributed by atoms with Crippen molar-refractivity contribution in [2.24, 2.45) is 0 Å². The molecule has 0 saturated heterocycles. The summed E-state index contributed by atoms with van der Waals surface area (Å²) in [6.45, 7) is 3.27. The largest absolute Gasteiger partial charge is 0.480 e. The number of carbonyl (C=O) groups is 4. The average molecular weight is 369 g/mol. The number of para-hydroxylation sites is 1. The van der Waals surface area contributed by atoms with Gasteiger partial charge in [-0.25, -0.2) is 14.4 Å². The third-order valence-corrected chi connectivity index (χ3v) is 3.60. The average Bonchev–Trinajstić information content (AvgIpc) is 2.56. The van der Waals surface area contributed by atoms with E-state index in [-0.39, 0.29) is 23.7 Å². The van der Waals surface area contributed by atoms with Crippen LogP contribution in [0.1, 0.15) is 30.6 Å². The number of carbonyl (C=O) groups excluding carboxylic acids is 3. The van der Waals surface area contributed by atoms with Gasteiger partial charge in [0.05, 0.1) is 6.61 Å². The van der Waals surface area contributed by atoms with Crippen LogP contribution in [0.15, 0.2) is 24.3 Å². The van der Waals surface area contributed by atoms with Gasteiger partial charge in [0.2, 0.25) is 5.91 Å². The van der Waals surface area contributed by atoms with E-state index in [0.717, 1.165) is 0 Å². The minimum atomic E-state index is -1.26. The molecule has 1 rings (SSSR count). The molecule has 0 saturated carbocycles. The first kappa shape index (κ1) is 20.5. The zero-order chi connectivity index (χ0) is 18.8. The highest BCUT2D eigenvalue weighted by Crippen LogP contribution is 2.22. The van der Waals surface area contributed by atoms with Gasteiger partial charge in [0.25, 0.3) is 0 Å². The normalized spacial score (nSPS) is 11.3. The van der Waals surface area contributed by atoms with E-state index in [1.54, 1.807) is 12.1 Å². The summed E-state index contributed by atoms with van der Waals surface area (Å²) in [5.74, 6) is -2.59. The third kappa shape index (κ3) is 7.25. The summed E-state index contributed by atoms with van der Waals surface area (Å²) in [6.07, 6.45) is 0.656. The second kappa shape index (κ2) is 10.3. The molecule has 0 aliphatic carbocycles. The molecule has 0 unspecified atom stereocenters. The number of benzene rings is 1. The number of amides is 1. The molecule has 136 valence electrons. The van der Waals surface area contributed by atoms with Crippen LogP contribution in [-0.4, -0.2) is 46.7 Å². The van der Waals surface area contributed by atoms with Gasteiger partial charge in [0.15, 0.2) is 0 Å². The molecule has 0 bridgehead atoms. The zero-order valence-electron chi connectivity index (χ0n) is 13.8. The lowest BCUT2D eigenvalue weighted by atomic mass is 10.2. The minimum Gasteiger partial charge on any atom is -0.480 e. The monoisotopic (exact) mass is 369 g/mol. The highest BCUT2D eigenvalue weighted by Gasteiger charge is 2.22. The van der Waals surface area contributed by atoms with Gasteiger partial charge in [-0.15, -0.1) is 0 Å². The van der Waals surface area contributed by atoms with E-state index in [1.165, 1.54) is 19.1 Å². The summed E-state index contributed by atoms with van der Waals surface area (Å²) in [5, 5.41) is 10.4. The first-order chi connectivity index (χ1) is 11.8. The Morgan fingerprint density at radius 3 is 2.52 bits per heavy atom. The summed E-state index contributed by atoms with van der Waals surface area (Å²) in [5.41, 5.74) is 0.0987. The van der Waals surface area contributed by atoms with Crippen molar-refractivity contribution < 1.29 is 33.8 Å². The van der Waals surface area contributed by atoms with Crippen LogP contribution in [0.25, 0.3) is 0 Å². The number of carboxylic acids is 1. The second-order valence-corrected chi connectivity index (χ2v) is 5.84. The summed E-state index contributed by atoms with van der Waals surface area (Å²) in [7, 11) is 0. The summed E-state index contributed by atoms with van der Waals surface area (Å²) < 4.78 is 10.1. The van der Waals surface area contributed by atoms with Gasteiger partial charge in [-0.3, -0.25) is 4.79 Å². The van der Waals surface area contributed by atoms with Gasteiger partial charge in [0, 0.05) is 12.7 Å². The number of thioether (sulfide) groups is 1. The molecule has 0 heterocycles. The first-order valence-corrected chi connectivity index (χ1v) is 8.44. The highest BCUT2D eigenvalue weighted by molar-refractivity contribution is 8.13. The summed E-state index contributed by atoms with van der Waals surface area (Å²) >= 11 is 0.579.